The standard InChI is InChI=1S/C21H20FN5O/c1-13-6-25-21(26-7-13)27-10-16-17(11-27)18(16)12-28-14-2-3-20(24-8-14)15-4-5-23-9-19(15)22/h2-9,16-18H,10-12H2,1H3/t16-,17?,18+/m1/s1. The van der Waals surface area contributed by atoms with Crippen LogP contribution in [0.2, 0.25) is 0 Å². The highest BCUT2D eigenvalue weighted by Crippen LogP contribution is 2.52. The van der Waals surface area contributed by atoms with Crippen LogP contribution in [0.3, 0.4) is 0 Å². The lowest BCUT2D eigenvalue weighted by Gasteiger charge is -2.19. The molecule has 1 saturated carbocycles. The predicted octanol–water partition coefficient (Wildman–Crippen LogP) is 3.14. The van der Waals surface area contributed by atoms with Gasteiger partial charge in [0.1, 0.15) is 5.75 Å². The van der Waals surface area contributed by atoms with Crippen LogP contribution in [-0.4, -0.2) is 39.6 Å². The lowest BCUT2D eigenvalue weighted by atomic mass is 10.2. The Labute approximate surface area is 162 Å². The topological polar surface area (TPSA) is 64.0 Å². The molecule has 0 bridgehead atoms. The molecule has 1 saturated heterocycles. The van der Waals surface area contributed by atoms with Gasteiger partial charge in [-0.15, -0.1) is 0 Å². The van der Waals surface area contributed by atoms with E-state index in [0.717, 1.165) is 24.6 Å². The zero-order chi connectivity index (χ0) is 19.1. The molecule has 0 amide bonds. The molecule has 0 radical (unpaired) electrons. The van der Waals surface area contributed by atoms with Gasteiger partial charge in [-0.2, -0.15) is 0 Å². The minimum Gasteiger partial charge on any atom is -0.492 e. The summed E-state index contributed by atoms with van der Waals surface area (Å²) in [6.45, 7) is 4.65. The summed E-state index contributed by atoms with van der Waals surface area (Å²) in [4.78, 5) is 19.2. The average molecular weight is 377 g/mol. The van der Waals surface area contributed by atoms with E-state index in [1.807, 2.05) is 25.4 Å². The number of anilines is 1. The second-order valence-corrected chi connectivity index (χ2v) is 7.50. The highest BCUT2D eigenvalue weighted by atomic mass is 19.1. The van der Waals surface area contributed by atoms with Crippen molar-refractivity contribution in [3.05, 3.63) is 60.6 Å². The van der Waals surface area contributed by atoms with Crippen LogP contribution >= 0.6 is 0 Å². The van der Waals surface area contributed by atoms with Gasteiger partial charge in [0.15, 0.2) is 5.82 Å². The summed E-state index contributed by atoms with van der Waals surface area (Å²) < 4.78 is 19.7. The van der Waals surface area contributed by atoms with Crippen LogP contribution in [0.1, 0.15) is 5.56 Å². The van der Waals surface area contributed by atoms with E-state index in [1.54, 1.807) is 24.5 Å². The Kier molecular flexibility index (Phi) is 4.15. The molecule has 142 valence electrons. The van der Waals surface area contributed by atoms with Gasteiger partial charge in [0.25, 0.3) is 0 Å². The Morgan fingerprint density at radius 3 is 2.50 bits per heavy atom. The quantitative estimate of drug-likeness (QED) is 0.681. The molecular weight excluding hydrogens is 357 g/mol. The number of nitrogens with zero attached hydrogens (tertiary/aromatic N) is 5. The molecule has 2 fully saturated rings. The first-order valence-corrected chi connectivity index (χ1v) is 9.41. The lowest BCUT2D eigenvalue weighted by Crippen LogP contribution is -2.27. The number of hydrogen-bond acceptors (Lipinski definition) is 6. The first-order valence-electron chi connectivity index (χ1n) is 9.41. The molecule has 3 aromatic rings. The average Bonchev–Trinajstić information content (AvgIpc) is 3.16. The van der Waals surface area contributed by atoms with Crippen LogP contribution < -0.4 is 9.64 Å². The van der Waals surface area contributed by atoms with Crippen molar-refractivity contribution in [2.24, 2.45) is 17.8 Å². The Balaban J connectivity index is 1.15. The number of rotatable bonds is 5. The normalized spacial score (nSPS) is 22.8. The predicted molar refractivity (Wildman–Crippen MR) is 102 cm³/mol. The van der Waals surface area contributed by atoms with Crippen molar-refractivity contribution in [1.82, 2.24) is 19.9 Å². The van der Waals surface area contributed by atoms with Gasteiger partial charge in [-0.1, -0.05) is 0 Å². The summed E-state index contributed by atoms with van der Waals surface area (Å²) in [6, 6.07) is 5.23. The maximum Gasteiger partial charge on any atom is 0.225 e. The first-order chi connectivity index (χ1) is 13.7. The minimum absolute atomic E-state index is 0.378. The fourth-order valence-corrected chi connectivity index (χ4v) is 4.01. The van der Waals surface area contributed by atoms with Gasteiger partial charge in [0.05, 0.1) is 24.7 Å². The number of halogens is 1. The number of aryl methyl sites for hydroxylation is 1. The van der Waals surface area contributed by atoms with Crippen LogP contribution in [0.5, 0.6) is 5.75 Å². The molecule has 3 aromatic heterocycles. The van der Waals surface area contributed by atoms with E-state index >= 15 is 0 Å². The van der Waals surface area contributed by atoms with E-state index in [9.17, 15) is 4.39 Å². The van der Waals surface area contributed by atoms with Gasteiger partial charge in [0, 0.05) is 43.2 Å². The van der Waals surface area contributed by atoms with E-state index in [2.05, 4.69) is 24.8 Å². The SMILES string of the molecule is Cc1cnc(N2CC3[C@@H](COc4ccc(-c5ccncc5F)nc4)[C@@H]3C2)nc1. The molecule has 0 aromatic carbocycles. The van der Waals surface area contributed by atoms with Gasteiger partial charge in [-0.3, -0.25) is 9.97 Å². The fourth-order valence-electron chi connectivity index (χ4n) is 4.01. The summed E-state index contributed by atoms with van der Waals surface area (Å²) in [5.74, 6) is 3.00. The summed E-state index contributed by atoms with van der Waals surface area (Å²) in [6.07, 6.45) is 8.13. The van der Waals surface area contributed by atoms with Gasteiger partial charge in [0.2, 0.25) is 5.95 Å². The number of piperidine rings is 1. The number of pyridine rings is 2. The van der Waals surface area contributed by atoms with E-state index in [4.69, 9.17) is 4.74 Å². The minimum atomic E-state index is -0.378. The van der Waals surface area contributed by atoms with Crippen molar-refractivity contribution in [2.75, 3.05) is 24.6 Å². The highest BCUT2D eigenvalue weighted by molar-refractivity contribution is 5.59. The Morgan fingerprint density at radius 1 is 1.04 bits per heavy atom. The molecule has 7 heteroatoms. The van der Waals surface area contributed by atoms with Gasteiger partial charge >= 0.3 is 0 Å². The molecule has 1 aliphatic carbocycles. The molecule has 3 atom stereocenters. The Bertz CT molecular complexity index is 967. The van der Waals surface area contributed by atoms with Crippen molar-refractivity contribution >= 4 is 5.95 Å². The molecule has 2 aliphatic rings. The zero-order valence-electron chi connectivity index (χ0n) is 15.5. The van der Waals surface area contributed by atoms with Gasteiger partial charge in [-0.25, -0.2) is 14.4 Å². The third-order valence-electron chi connectivity index (χ3n) is 5.65. The zero-order valence-corrected chi connectivity index (χ0v) is 15.5. The van der Waals surface area contributed by atoms with Crippen LogP contribution in [-0.2, 0) is 0 Å². The van der Waals surface area contributed by atoms with Crippen LogP contribution in [0.15, 0.2) is 49.2 Å². The third kappa shape index (κ3) is 3.17. The fraction of sp³-hybridized carbons (Fsp3) is 0.333. The Hall–Kier alpha value is -3.09. The van der Waals surface area contributed by atoms with Crippen molar-refractivity contribution in [3.8, 4) is 17.0 Å². The van der Waals surface area contributed by atoms with Crippen molar-refractivity contribution in [1.29, 1.82) is 0 Å². The highest BCUT2D eigenvalue weighted by Gasteiger charge is 2.56. The second kappa shape index (κ2) is 6.82. The maximum atomic E-state index is 13.8. The molecule has 5 rings (SSSR count). The first kappa shape index (κ1) is 17.0. The van der Waals surface area contributed by atoms with E-state index < -0.39 is 0 Å². The molecule has 1 aliphatic heterocycles. The number of hydrogen-bond donors (Lipinski definition) is 0. The largest absolute Gasteiger partial charge is 0.492 e. The van der Waals surface area contributed by atoms with E-state index in [0.29, 0.717) is 41.4 Å². The lowest BCUT2D eigenvalue weighted by molar-refractivity contribution is 0.282. The maximum absolute atomic E-state index is 13.8. The number of fused-ring (bicyclic) bond motifs is 1. The monoisotopic (exact) mass is 377 g/mol. The summed E-state index contributed by atoms with van der Waals surface area (Å²) in [5.41, 5.74) is 2.09. The van der Waals surface area contributed by atoms with Gasteiger partial charge in [-0.05, 0) is 42.5 Å². The van der Waals surface area contributed by atoms with Gasteiger partial charge < -0.3 is 9.64 Å². The van der Waals surface area contributed by atoms with Crippen molar-refractivity contribution < 1.29 is 9.13 Å². The number of aromatic nitrogens is 4. The molecule has 4 heterocycles. The van der Waals surface area contributed by atoms with Crippen LogP contribution in [0, 0.1) is 30.5 Å². The van der Waals surface area contributed by atoms with E-state index in [-0.39, 0.29) is 5.82 Å². The van der Waals surface area contributed by atoms with Crippen LogP contribution in [0.25, 0.3) is 11.3 Å². The molecule has 28 heavy (non-hydrogen) atoms. The van der Waals surface area contributed by atoms with Crippen molar-refractivity contribution in [2.45, 2.75) is 6.92 Å². The summed E-state index contributed by atoms with van der Waals surface area (Å²) in [5, 5.41) is 0. The molecule has 1 unspecified atom stereocenters. The summed E-state index contributed by atoms with van der Waals surface area (Å²) >= 11 is 0. The second-order valence-electron chi connectivity index (χ2n) is 7.50. The molecular formula is C21H20FN5O. The smallest absolute Gasteiger partial charge is 0.225 e. The van der Waals surface area contributed by atoms with Crippen molar-refractivity contribution in [3.63, 3.8) is 0 Å². The molecule has 0 spiro atoms. The Morgan fingerprint density at radius 2 is 1.82 bits per heavy atom. The molecule has 0 N–H and O–H groups in total. The van der Waals surface area contributed by atoms with Crippen LogP contribution in [0.4, 0.5) is 10.3 Å². The number of ether oxygens (including phenoxy) is 1. The van der Waals surface area contributed by atoms with E-state index in [1.165, 1.54) is 6.20 Å². The molecule has 6 nitrogen and oxygen atoms in total. The third-order valence-corrected chi connectivity index (χ3v) is 5.65. The summed E-state index contributed by atoms with van der Waals surface area (Å²) in [7, 11) is 0.